The molecule has 3 heterocycles. The number of methoxy groups -OCH3 is 2. The maximum atomic E-state index is 13.2. The average Bonchev–Trinajstić information content (AvgIpc) is 3.54. The molecule has 1 aromatic carbocycles. The maximum absolute atomic E-state index is 13.2. The van der Waals surface area contributed by atoms with E-state index >= 15 is 0 Å². The topological polar surface area (TPSA) is 103 Å². The first-order valence-corrected chi connectivity index (χ1v) is 12.8. The number of aryl methyl sites for hydroxylation is 1. The fourth-order valence-corrected chi connectivity index (χ4v) is 5.61. The number of carbonyl (C=O) groups excluding carboxylic acids is 1. The largest absolute Gasteiger partial charge is 0.497 e. The standard InChI is InChI=1S/C22H26N4O5S2/c1-15-14-32-22(23-15)20-11-19(12-26(20)13-21(27)25-6-4-5-7-25)33(28,29)24-16-8-17(30-2)10-18(9-16)31-3/h8-12,14,24H,4-7,13H2,1-3H3. The molecule has 11 heteroatoms. The van der Waals surface area contributed by atoms with Gasteiger partial charge in [0.15, 0.2) is 0 Å². The van der Waals surface area contributed by atoms with E-state index in [4.69, 9.17) is 9.47 Å². The second-order valence-electron chi connectivity index (χ2n) is 7.78. The summed E-state index contributed by atoms with van der Waals surface area (Å²) in [5, 5.41) is 2.55. The van der Waals surface area contributed by atoms with Crippen molar-refractivity contribution in [3.63, 3.8) is 0 Å². The zero-order chi connectivity index (χ0) is 23.6. The molecule has 4 rings (SSSR count). The van der Waals surface area contributed by atoms with Gasteiger partial charge in [0.25, 0.3) is 10.0 Å². The molecule has 0 atom stereocenters. The lowest BCUT2D eigenvalue weighted by atomic mass is 10.3. The van der Waals surface area contributed by atoms with Crippen LogP contribution in [0.2, 0.25) is 0 Å². The third-order valence-electron chi connectivity index (χ3n) is 5.39. The third kappa shape index (κ3) is 5.14. The highest BCUT2D eigenvalue weighted by Gasteiger charge is 2.24. The van der Waals surface area contributed by atoms with Crippen molar-refractivity contribution >= 4 is 33.0 Å². The molecule has 9 nitrogen and oxygen atoms in total. The summed E-state index contributed by atoms with van der Waals surface area (Å²) < 4.78 is 41.1. The molecule has 0 unspecified atom stereocenters. The van der Waals surface area contributed by atoms with Gasteiger partial charge in [-0.1, -0.05) is 0 Å². The van der Waals surface area contributed by atoms with Gasteiger partial charge in [0.2, 0.25) is 5.91 Å². The molecule has 176 valence electrons. The van der Waals surface area contributed by atoms with Crippen molar-refractivity contribution in [1.82, 2.24) is 14.5 Å². The van der Waals surface area contributed by atoms with Crippen LogP contribution in [-0.2, 0) is 21.4 Å². The van der Waals surface area contributed by atoms with E-state index in [1.165, 1.54) is 31.8 Å². The van der Waals surface area contributed by atoms with Crippen LogP contribution in [0.3, 0.4) is 0 Å². The van der Waals surface area contributed by atoms with E-state index in [9.17, 15) is 13.2 Å². The summed E-state index contributed by atoms with van der Waals surface area (Å²) >= 11 is 1.41. The van der Waals surface area contributed by atoms with Crippen LogP contribution in [0.5, 0.6) is 11.5 Å². The summed E-state index contributed by atoms with van der Waals surface area (Å²) in [6, 6.07) is 6.34. The first-order valence-electron chi connectivity index (χ1n) is 10.5. The predicted molar refractivity (Wildman–Crippen MR) is 126 cm³/mol. The molecule has 1 saturated heterocycles. The van der Waals surface area contributed by atoms with Crippen molar-refractivity contribution in [2.24, 2.45) is 0 Å². The summed E-state index contributed by atoms with van der Waals surface area (Å²) in [7, 11) is -0.965. The first-order chi connectivity index (χ1) is 15.8. The van der Waals surface area contributed by atoms with Crippen LogP contribution < -0.4 is 14.2 Å². The predicted octanol–water partition coefficient (Wildman–Crippen LogP) is 3.36. The molecule has 1 fully saturated rings. The Hall–Kier alpha value is -3.05. The molecule has 0 radical (unpaired) electrons. The number of sulfonamides is 1. The van der Waals surface area contributed by atoms with Crippen molar-refractivity contribution in [2.45, 2.75) is 31.2 Å². The van der Waals surface area contributed by atoms with E-state index in [2.05, 4.69) is 9.71 Å². The smallest absolute Gasteiger partial charge is 0.263 e. The Labute approximate surface area is 197 Å². The van der Waals surface area contributed by atoms with E-state index < -0.39 is 10.0 Å². The van der Waals surface area contributed by atoms with Crippen LogP contribution in [0.25, 0.3) is 10.7 Å². The number of aromatic nitrogens is 2. The van der Waals surface area contributed by atoms with Gasteiger partial charge in [-0.2, -0.15) is 0 Å². The number of likely N-dealkylation sites (tertiary alicyclic amines) is 1. The molecule has 0 saturated carbocycles. The molecule has 3 aromatic rings. The van der Waals surface area contributed by atoms with Gasteiger partial charge in [0.05, 0.1) is 25.6 Å². The Bertz CT molecular complexity index is 1240. The molecule has 0 spiro atoms. The number of ether oxygens (including phenoxy) is 2. The Morgan fingerprint density at radius 1 is 1.12 bits per heavy atom. The van der Waals surface area contributed by atoms with Crippen LogP contribution >= 0.6 is 11.3 Å². The van der Waals surface area contributed by atoms with Crippen molar-refractivity contribution in [2.75, 3.05) is 32.0 Å². The second-order valence-corrected chi connectivity index (χ2v) is 10.3. The SMILES string of the molecule is COc1cc(NS(=O)(=O)c2cc(-c3nc(C)cs3)n(CC(=O)N3CCCC3)c2)cc(OC)c1. The highest BCUT2D eigenvalue weighted by Crippen LogP contribution is 2.31. The number of nitrogens with zero attached hydrogens (tertiary/aromatic N) is 3. The quantitative estimate of drug-likeness (QED) is 0.519. The number of anilines is 1. The lowest BCUT2D eigenvalue weighted by Crippen LogP contribution is -2.31. The average molecular weight is 491 g/mol. The number of benzene rings is 1. The highest BCUT2D eigenvalue weighted by atomic mass is 32.2. The van der Waals surface area contributed by atoms with E-state index in [0.29, 0.717) is 27.9 Å². The fourth-order valence-electron chi connectivity index (χ4n) is 3.70. The summed E-state index contributed by atoms with van der Waals surface area (Å²) in [4.78, 5) is 19.1. The molecule has 1 aliphatic rings. The second kappa shape index (κ2) is 9.44. The number of nitrogens with one attached hydrogen (secondary N) is 1. The van der Waals surface area contributed by atoms with Gasteiger partial charge < -0.3 is 18.9 Å². The molecule has 0 aliphatic carbocycles. The lowest BCUT2D eigenvalue weighted by molar-refractivity contribution is -0.130. The van der Waals surface area contributed by atoms with E-state index in [1.54, 1.807) is 28.8 Å². The summed E-state index contributed by atoms with van der Waals surface area (Å²) in [5.74, 6) is 0.881. The lowest BCUT2D eigenvalue weighted by Gasteiger charge is -2.16. The number of rotatable bonds is 8. The molecule has 2 aromatic heterocycles. The molecular formula is C22H26N4O5S2. The Morgan fingerprint density at radius 2 is 1.79 bits per heavy atom. The number of amides is 1. The molecule has 1 amide bonds. The zero-order valence-electron chi connectivity index (χ0n) is 18.7. The number of hydrogen-bond acceptors (Lipinski definition) is 7. The summed E-state index contributed by atoms with van der Waals surface area (Å²) in [5.41, 5.74) is 1.72. The van der Waals surface area contributed by atoms with Crippen molar-refractivity contribution in [1.29, 1.82) is 0 Å². The minimum Gasteiger partial charge on any atom is -0.497 e. The van der Waals surface area contributed by atoms with Crippen molar-refractivity contribution in [3.8, 4) is 22.2 Å². The highest BCUT2D eigenvalue weighted by molar-refractivity contribution is 7.92. The van der Waals surface area contributed by atoms with Crippen LogP contribution in [-0.4, -0.2) is 56.1 Å². The fraction of sp³-hybridized carbons (Fsp3) is 0.364. The van der Waals surface area contributed by atoms with Gasteiger partial charge in [0, 0.05) is 48.6 Å². The van der Waals surface area contributed by atoms with E-state index in [1.807, 2.05) is 17.2 Å². The summed E-state index contributed by atoms with van der Waals surface area (Å²) in [6.07, 6.45) is 3.47. The van der Waals surface area contributed by atoms with Crippen LogP contribution in [0.4, 0.5) is 5.69 Å². The van der Waals surface area contributed by atoms with Gasteiger partial charge in [-0.3, -0.25) is 9.52 Å². The zero-order valence-corrected chi connectivity index (χ0v) is 20.3. The van der Waals surface area contributed by atoms with E-state index in [0.717, 1.165) is 31.6 Å². The van der Waals surface area contributed by atoms with Gasteiger partial charge >= 0.3 is 0 Å². The van der Waals surface area contributed by atoms with Gasteiger partial charge in [0.1, 0.15) is 27.9 Å². The minimum atomic E-state index is -3.95. The van der Waals surface area contributed by atoms with Crippen molar-refractivity contribution in [3.05, 3.63) is 41.5 Å². The van der Waals surface area contributed by atoms with Gasteiger partial charge in [-0.05, 0) is 25.8 Å². The maximum Gasteiger partial charge on any atom is 0.263 e. The third-order valence-corrected chi connectivity index (χ3v) is 7.72. The summed E-state index contributed by atoms with van der Waals surface area (Å²) in [6.45, 7) is 3.39. The molecule has 1 N–H and O–H groups in total. The molecule has 1 aliphatic heterocycles. The Kier molecular flexibility index (Phi) is 6.61. The Morgan fingerprint density at radius 3 is 2.36 bits per heavy atom. The van der Waals surface area contributed by atoms with Gasteiger partial charge in [-0.25, -0.2) is 13.4 Å². The normalized spacial score (nSPS) is 13.8. The molecule has 0 bridgehead atoms. The number of hydrogen-bond donors (Lipinski definition) is 1. The number of thiazole rings is 1. The first kappa shape index (κ1) is 23.1. The molecule has 33 heavy (non-hydrogen) atoms. The Balaban J connectivity index is 1.68. The monoisotopic (exact) mass is 490 g/mol. The molecular weight excluding hydrogens is 464 g/mol. The van der Waals surface area contributed by atoms with Crippen LogP contribution in [0.15, 0.2) is 40.7 Å². The van der Waals surface area contributed by atoms with Crippen molar-refractivity contribution < 1.29 is 22.7 Å². The van der Waals surface area contributed by atoms with Crippen LogP contribution in [0, 0.1) is 6.92 Å². The van der Waals surface area contributed by atoms with Gasteiger partial charge in [-0.15, -0.1) is 11.3 Å². The minimum absolute atomic E-state index is 0.0351. The van der Waals surface area contributed by atoms with Crippen LogP contribution in [0.1, 0.15) is 18.5 Å². The van der Waals surface area contributed by atoms with E-state index in [-0.39, 0.29) is 17.3 Å². The number of carbonyl (C=O) groups is 1.